The maximum atomic E-state index is 13.7. The van der Waals surface area contributed by atoms with Gasteiger partial charge in [0.25, 0.3) is 0 Å². The third-order valence-electron chi connectivity index (χ3n) is 2.90. The Kier molecular flexibility index (Phi) is 5.43. The summed E-state index contributed by atoms with van der Waals surface area (Å²) >= 11 is 10.9. The molecule has 2 aromatic carbocycles. The molecule has 0 bridgehead atoms. The van der Waals surface area contributed by atoms with Crippen molar-refractivity contribution in [3.05, 3.63) is 64.4 Å². The quantitative estimate of drug-likeness (QED) is 0.594. The fourth-order valence-corrected chi connectivity index (χ4v) is 2.16. The van der Waals surface area contributed by atoms with Gasteiger partial charge >= 0.3 is 6.18 Å². The summed E-state index contributed by atoms with van der Waals surface area (Å²) < 4.78 is 51.1. The lowest BCUT2D eigenvalue weighted by atomic mass is 10.1. The average molecular weight is 363 g/mol. The molecule has 2 rings (SSSR count). The van der Waals surface area contributed by atoms with Gasteiger partial charge in [-0.05, 0) is 42.5 Å². The van der Waals surface area contributed by atoms with Crippen molar-refractivity contribution >= 4 is 34.6 Å². The summed E-state index contributed by atoms with van der Waals surface area (Å²) in [5.74, 6) is -0.946. The third kappa shape index (κ3) is 5.07. The normalized spacial score (nSPS) is 11.2. The predicted molar refractivity (Wildman–Crippen MR) is 85.9 cm³/mol. The SMILES string of the molecule is Fc1cc(C(F)(F)F)ccc1CNC(=S)Nc1cccc(Cl)c1. The monoisotopic (exact) mass is 362 g/mol. The molecule has 0 heterocycles. The number of rotatable bonds is 3. The predicted octanol–water partition coefficient (Wildman–Crippen LogP) is 4.98. The van der Waals surface area contributed by atoms with Gasteiger partial charge in [-0.25, -0.2) is 4.39 Å². The lowest BCUT2D eigenvalue weighted by Gasteiger charge is -2.12. The second kappa shape index (κ2) is 7.14. The van der Waals surface area contributed by atoms with Crippen molar-refractivity contribution in [2.75, 3.05) is 5.32 Å². The number of thiocarbonyl (C=S) groups is 1. The van der Waals surface area contributed by atoms with Crippen molar-refractivity contribution < 1.29 is 17.6 Å². The number of halogens is 5. The zero-order valence-electron chi connectivity index (χ0n) is 11.5. The van der Waals surface area contributed by atoms with Crippen LogP contribution in [0.15, 0.2) is 42.5 Å². The van der Waals surface area contributed by atoms with E-state index in [9.17, 15) is 17.6 Å². The highest BCUT2D eigenvalue weighted by Crippen LogP contribution is 2.30. The van der Waals surface area contributed by atoms with E-state index in [-0.39, 0.29) is 17.2 Å². The minimum absolute atomic E-state index is 0.0453. The largest absolute Gasteiger partial charge is 0.416 e. The van der Waals surface area contributed by atoms with E-state index >= 15 is 0 Å². The molecule has 0 spiro atoms. The molecule has 0 saturated heterocycles. The van der Waals surface area contributed by atoms with Crippen molar-refractivity contribution in [3.8, 4) is 0 Å². The van der Waals surface area contributed by atoms with Crippen molar-refractivity contribution in [3.63, 3.8) is 0 Å². The van der Waals surface area contributed by atoms with E-state index in [0.29, 0.717) is 16.8 Å². The van der Waals surface area contributed by atoms with Crippen molar-refractivity contribution in [2.24, 2.45) is 0 Å². The van der Waals surface area contributed by atoms with Crippen LogP contribution in [0.4, 0.5) is 23.2 Å². The van der Waals surface area contributed by atoms with Gasteiger partial charge in [-0.15, -0.1) is 0 Å². The highest BCUT2D eigenvalue weighted by atomic mass is 35.5. The van der Waals surface area contributed by atoms with Gasteiger partial charge in [0.1, 0.15) is 5.82 Å². The molecule has 23 heavy (non-hydrogen) atoms. The van der Waals surface area contributed by atoms with Crippen LogP contribution in [0, 0.1) is 5.82 Å². The molecular weight excluding hydrogens is 352 g/mol. The van der Waals surface area contributed by atoms with E-state index < -0.39 is 17.6 Å². The van der Waals surface area contributed by atoms with Crippen LogP contribution in [-0.2, 0) is 12.7 Å². The molecule has 0 unspecified atom stereocenters. The second-order valence-corrected chi connectivity index (χ2v) is 5.47. The Bertz CT molecular complexity index is 719. The zero-order chi connectivity index (χ0) is 17.0. The molecule has 0 radical (unpaired) electrons. The summed E-state index contributed by atoms with van der Waals surface area (Å²) in [6.07, 6.45) is -4.57. The van der Waals surface area contributed by atoms with E-state index in [1.807, 2.05) is 0 Å². The standard InChI is InChI=1S/C15H11ClF4N2S/c16-11-2-1-3-12(7-11)22-14(23)21-8-9-4-5-10(6-13(9)17)15(18,19)20/h1-7H,8H2,(H2,21,22,23). The van der Waals surface area contributed by atoms with Gasteiger partial charge in [-0.2, -0.15) is 13.2 Å². The Labute approximate surface area is 140 Å². The molecule has 2 aromatic rings. The van der Waals surface area contributed by atoms with Gasteiger partial charge in [-0.1, -0.05) is 23.7 Å². The van der Waals surface area contributed by atoms with Crippen molar-refractivity contribution in [1.82, 2.24) is 5.32 Å². The molecule has 0 aliphatic rings. The number of anilines is 1. The van der Waals surface area contributed by atoms with Crippen LogP contribution in [0.5, 0.6) is 0 Å². The molecule has 122 valence electrons. The van der Waals surface area contributed by atoms with Gasteiger partial charge < -0.3 is 10.6 Å². The maximum Gasteiger partial charge on any atom is 0.416 e. The van der Waals surface area contributed by atoms with Crippen LogP contribution in [0.3, 0.4) is 0 Å². The van der Waals surface area contributed by atoms with Crippen LogP contribution in [0.25, 0.3) is 0 Å². The van der Waals surface area contributed by atoms with Crippen LogP contribution >= 0.6 is 23.8 Å². The summed E-state index contributed by atoms with van der Waals surface area (Å²) in [6.45, 7) is -0.0453. The number of benzene rings is 2. The molecule has 0 atom stereocenters. The summed E-state index contributed by atoms with van der Waals surface area (Å²) in [7, 11) is 0. The van der Waals surface area contributed by atoms with E-state index in [0.717, 1.165) is 12.1 Å². The summed E-state index contributed by atoms with van der Waals surface area (Å²) in [5, 5.41) is 6.28. The molecule has 0 fully saturated rings. The smallest absolute Gasteiger partial charge is 0.358 e. The Morgan fingerprint density at radius 2 is 1.87 bits per heavy atom. The van der Waals surface area contributed by atoms with E-state index in [2.05, 4.69) is 10.6 Å². The molecular formula is C15H11ClF4N2S. The van der Waals surface area contributed by atoms with E-state index in [1.54, 1.807) is 24.3 Å². The lowest BCUT2D eigenvalue weighted by molar-refractivity contribution is -0.137. The zero-order valence-corrected chi connectivity index (χ0v) is 13.1. The van der Waals surface area contributed by atoms with E-state index in [4.69, 9.17) is 23.8 Å². The van der Waals surface area contributed by atoms with Gasteiger partial charge in [0.2, 0.25) is 0 Å². The number of hydrogen-bond donors (Lipinski definition) is 2. The molecule has 2 N–H and O–H groups in total. The molecule has 0 aromatic heterocycles. The van der Waals surface area contributed by atoms with Gasteiger partial charge in [0.15, 0.2) is 5.11 Å². The van der Waals surface area contributed by atoms with Crippen LogP contribution in [0.2, 0.25) is 5.02 Å². The number of alkyl halides is 3. The van der Waals surface area contributed by atoms with Gasteiger partial charge in [0, 0.05) is 22.8 Å². The van der Waals surface area contributed by atoms with Crippen molar-refractivity contribution in [2.45, 2.75) is 12.7 Å². The summed E-state index contributed by atoms with van der Waals surface area (Å²) in [5.41, 5.74) is -0.311. The topological polar surface area (TPSA) is 24.1 Å². The molecule has 2 nitrogen and oxygen atoms in total. The second-order valence-electron chi connectivity index (χ2n) is 4.62. The fraction of sp³-hybridized carbons (Fsp3) is 0.133. The summed E-state index contributed by atoms with van der Waals surface area (Å²) in [4.78, 5) is 0. The minimum atomic E-state index is -4.57. The first-order valence-corrected chi connectivity index (χ1v) is 7.20. The maximum absolute atomic E-state index is 13.7. The molecule has 0 saturated carbocycles. The Morgan fingerprint density at radius 1 is 1.13 bits per heavy atom. The van der Waals surface area contributed by atoms with Crippen molar-refractivity contribution in [1.29, 1.82) is 0 Å². The Hall–Kier alpha value is -1.86. The number of nitrogens with one attached hydrogen (secondary N) is 2. The molecule has 0 aliphatic heterocycles. The fourth-order valence-electron chi connectivity index (χ4n) is 1.78. The summed E-state index contributed by atoms with van der Waals surface area (Å²) in [6, 6.07) is 9.17. The first-order valence-electron chi connectivity index (χ1n) is 6.42. The van der Waals surface area contributed by atoms with Crippen LogP contribution < -0.4 is 10.6 Å². The molecule has 8 heteroatoms. The third-order valence-corrected chi connectivity index (χ3v) is 3.38. The highest BCUT2D eigenvalue weighted by molar-refractivity contribution is 7.80. The first-order chi connectivity index (χ1) is 10.8. The first kappa shape index (κ1) is 17.5. The molecule has 0 amide bonds. The minimum Gasteiger partial charge on any atom is -0.358 e. The van der Waals surface area contributed by atoms with Gasteiger partial charge in [0.05, 0.1) is 5.56 Å². The highest BCUT2D eigenvalue weighted by Gasteiger charge is 2.31. The number of hydrogen-bond acceptors (Lipinski definition) is 1. The van der Waals surface area contributed by atoms with Gasteiger partial charge in [-0.3, -0.25) is 0 Å². The van der Waals surface area contributed by atoms with Crippen LogP contribution in [0.1, 0.15) is 11.1 Å². The van der Waals surface area contributed by atoms with E-state index in [1.165, 1.54) is 0 Å². The Balaban J connectivity index is 1.97. The Morgan fingerprint density at radius 3 is 2.48 bits per heavy atom. The lowest BCUT2D eigenvalue weighted by Crippen LogP contribution is -2.28. The molecule has 0 aliphatic carbocycles. The average Bonchev–Trinajstić information content (AvgIpc) is 2.45. The van der Waals surface area contributed by atoms with Crippen LogP contribution in [-0.4, -0.2) is 5.11 Å².